The third kappa shape index (κ3) is 5.62. The van der Waals surface area contributed by atoms with Crippen LogP contribution in [-0.2, 0) is 6.42 Å². The summed E-state index contributed by atoms with van der Waals surface area (Å²) in [5, 5.41) is 3.57. The number of nitrogens with one attached hydrogen (secondary N) is 1. The fraction of sp³-hybridized carbons (Fsp3) is 0.667. The van der Waals surface area contributed by atoms with E-state index in [0.29, 0.717) is 0 Å². The van der Waals surface area contributed by atoms with Crippen LogP contribution in [0.2, 0.25) is 0 Å². The zero-order valence-corrected chi connectivity index (χ0v) is 14.2. The first kappa shape index (κ1) is 17.2. The van der Waals surface area contributed by atoms with Crippen LogP contribution in [0, 0.1) is 25.1 Å². The van der Waals surface area contributed by atoms with E-state index in [1.807, 2.05) is 26.0 Å². The molecule has 0 spiro atoms. The second-order valence-corrected chi connectivity index (χ2v) is 7.81. The Morgan fingerprint density at radius 2 is 1.50 bits per heavy atom. The van der Waals surface area contributed by atoms with E-state index in [-0.39, 0.29) is 16.8 Å². The number of hydrogen-bond donors (Lipinski definition) is 1. The largest absolute Gasteiger partial charge is 0.312 e. The minimum atomic E-state index is -0.0672. The van der Waals surface area contributed by atoms with Crippen molar-refractivity contribution in [2.24, 2.45) is 5.41 Å². The molecule has 1 aromatic rings. The maximum atomic E-state index is 13.6. The summed E-state index contributed by atoms with van der Waals surface area (Å²) in [7, 11) is 0. The Morgan fingerprint density at radius 1 is 1.00 bits per heavy atom. The molecule has 1 nitrogen and oxygen atoms in total. The molecular formula is C18H30FN. The molecule has 0 fully saturated rings. The molecule has 0 unspecified atom stereocenters. The van der Waals surface area contributed by atoms with Crippen LogP contribution in [0.25, 0.3) is 0 Å². The normalized spacial score (nSPS) is 12.8. The highest BCUT2D eigenvalue weighted by molar-refractivity contribution is 5.30. The van der Waals surface area contributed by atoms with Crippen molar-refractivity contribution in [2.75, 3.05) is 6.54 Å². The van der Waals surface area contributed by atoms with Gasteiger partial charge in [0.25, 0.3) is 0 Å². The van der Waals surface area contributed by atoms with Crippen LogP contribution in [0.5, 0.6) is 0 Å². The van der Waals surface area contributed by atoms with Crippen molar-refractivity contribution in [3.8, 4) is 0 Å². The first-order valence-electron chi connectivity index (χ1n) is 7.51. The van der Waals surface area contributed by atoms with Crippen molar-refractivity contribution in [1.82, 2.24) is 5.32 Å². The van der Waals surface area contributed by atoms with Crippen molar-refractivity contribution in [1.29, 1.82) is 0 Å². The van der Waals surface area contributed by atoms with Gasteiger partial charge in [-0.2, -0.15) is 0 Å². The monoisotopic (exact) mass is 279 g/mol. The molecule has 0 heterocycles. The summed E-state index contributed by atoms with van der Waals surface area (Å²) in [4.78, 5) is 0. The van der Waals surface area contributed by atoms with E-state index in [1.165, 1.54) is 5.56 Å². The highest BCUT2D eigenvalue weighted by atomic mass is 19.1. The molecule has 2 heteroatoms. The molecule has 0 atom stereocenters. The van der Waals surface area contributed by atoms with Crippen molar-refractivity contribution >= 4 is 0 Å². The molecular weight excluding hydrogens is 249 g/mol. The Hall–Kier alpha value is -0.890. The fourth-order valence-electron chi connectivity index (χ4n) is 2.26. The van der Waals surface area contributed by atoms with Crippen molar-refractivity contribution < 1.29 is 4.39 Å². The first-order chi connectivity index (χ1) is 9.00. The summed E-state index contributed by atoms with van der Waals surface area (Å²) in [6.45, 7) is 15.8. The van der Waals surface area contributed by atoms with E-state index >= 15 is 0 Å². The van der Waals surface area contributed by atoms with Gasteiger partial charge in [0.2, 0.25) is 0 Å². The minimum absolute atomic E-state index is 0.0672. The number of halogens is 1. The van der Waals surface area contributed by atoms with Crippen LogP contribution in [0.15, 0.2) is 12.1 Å². The second kappa shape index (κ2) is 6.26. The molecule has 0 saturated heterocycles. The average Bonchev–Trinajstić information content (AvgIpc) is 2.30. The molecule has 0 saturated carbocycles. The smallest absolute Gasteiger partial charge is 0.129 e. The van der Waals surface area contributed by atoms with Gasteiger partial charge >= 0.3 is 0 Å². The van der Waals surface area contributed by atoms with E-state index in [9.17, 15) is 4.39 Å². The summed E-state index contributed by atoms with van der Waals surface area (Å²) in [5.74, 6) is -0.0672. The van der Waals surface area contributed by atoms with Crippen LogP contribution < -0.4 is 5.32 Å². The zero-order valence-electron chi connectivity index (χ0n) is 14.2. The summed E-state index contributed by atoms with van der Waals surface area (Å²) >= 11 is 0. The maximum absolute atomic E-state index is 13.6. The number of aryl methyl sites for hydroxylation is 3. The Bertz CT molecular complexity index is 432. The van der Waals surface area contributed by atoms with Gasteiger partial charge in [0.05, 0.1) is 0 Å². The Balaban J connectivity index is 2.62. The highest BCUT2D eigenvalue weighted by Gasteiger charge is 2.21. The molecule has 0 aromatic heterocycles. The van der Waals surface area contributed by atoms with Crippen LogP contribution in [0.3, 0.4) is 0 Å². The maximum Gasteiger partial charge on any atom is 0.129 e. The van der Waals surface area contributed by atoms with Crippen molar-refractivity contribution in [2.45, 2.75) is 66.8 Å². The van der Waals surface area contributed by atoms with Crippen molar-refractivity contribution in [3.63, 3.8) is 0 Å². The van der Waals surface area contributed by atoms with Crippen molar-refractivity contribution in [3.05, 3.63) is 34.6 Å². The van der Waals surface area contributed by atoms with E-state index in [2.05, 4.69) is 39.9 Å². The molecule has 0 bridgehead atoms. The molecule has 0 aliphatic rings. The van der Waals surface area contributed by atoms with Gasteiger partial charge in [-0.05, 0) is 69.6 Å². The predicted octanol–water partition coefficient (Wildman–Crippen LogP) is 4.79. The molecule has 20 heavy (non-hydrogen) atoms. The predicted molar refractivity (Wildman–Crippen MR) is 85.7 cm³/mol. The number of benzene rings is 1. The third-order valence-corrected chi connectivity index (χ3v) is 3.68. The standard InChI is InChI=1S/C18H30FN/c1-13-10-15(11-14(2)16(13)19)8-9-18(6,7)12-20-17(3,4)5/h10-11,20H,8-9,12H2,1-7H3. The lowest BCUT2D eigenvalue weighted by Gasteiger charge is -2.30. The minimum Gasteiger partial charge on any atom is -0.312 e. The van der Waals surface area contributed by atoms with Crippen LogP contribution in [0.1, 0.15) is 57.7 Å². The average molecular weight is 279 g/mol. The highest BCUT2D eigenvalue weighted by Crippen LogP contribution is 2.24. The molecule has 0 aliphatic carbocycles. The fourth-order valence-corrected chi connectivity index (χ4v) is 2.26. The van der Waals surface area contributed by atoms with Crippen LogP contribution >= 0.6 is 0 Å². The van der Waals surface area contributed by atoms with Crippen LogP contribution in [0.4, 0.5) is 4.39 Å². The molecule has 0 amide bonds. The Labute approximate surface area is 124 Å². The van der Waals surface area contributed by atoms with Gasteiger partial charge in [-0.3, -0.25) is 0 Å². The molecule has 0 aliphatic heterocycles. The Kier molecular flexibility index (Phi) is 5.37. The molecule has 114 valence electrons. The quantitative estimate of drug-likeness (QED) is 0.817. The molecule has 0 radical (unpaired) electrons. The van der Waals surface area contributed by atoms with Gasteiger partial charge < -0.3 is 5.32 Å². The lowest BCUT2D eigenvalue weighted by Crippen LogP contribution is -2.42. The van der Waals surface area contributed by atoms with Gasteiger partial charge in [0.1, 0.15) is 5.82 Å². The first-order valence-corrected chi connectivity index (χ1v) is 7.51. The van der Waals surface area contributed by atoms with Gasteiger partial charge in [-0.25, -0.2) is 4.39 Å². The van der Waals surface area contributed by atoms with E-state index in [1.54, 1.807) is 0 Å². The summed E-state index contributed by atoms with van der Waals surface area (Å²) in [6, 6.07) is 3.96. The molecule has 1 aromatic carbocycles. The summed E-state index contributed by atoms with van der Waals surface area (Å²) < 4.78 is 13.6. The number of hydrogen-bond acceptors (Lipinski definition) is 1. The number of rotatable bonds is 5. The SMILES string of the molecule is Cc1cc(CCC(C)(C)CNC(C)(C)C)cc(C)c1F. The molecule has 1 N–H and O–H groups in total. The molecule has 1 rings (SSSR count). The van der Waals surface area contributed by atoms with Gasteiger partial charge in [0.15, 0.2) is 0 Å². The lowest BCUT2D eigenvalue weighted by molar-refractivity contribution is 0.273. The van der Waals surface area contributed by atoms with Gasteiger partial charge in [-0.1, -0.05) is 26.0 Å². The lowest BCUT2D eigenvalue weighted by atomic mass is 9.85. The van der Waals surface area contributed by atoms with Crippen LogP contribution in [-0.4, -0.2) is 12.1 Å². The second-order valence-electron chi connectivity index (χ2n) is 7.81. The zero-order chi connectivity index (χ0) is 15.6. The summed E-state index contributed by atoms with van der Waals surface area (Å²) in [6.07, 6.45) is 2.10. The van der Waals surface area contributed by atoms with E-state index < -0.39 is 0 Å². The van der Waals surface area contributed by atoms with E-state index in [4.69, 9.17) is 0 Å². The summed E-state index contributed by atoms with van der Waals surface area (Å²) in [5.41, 5.74) is 3.14. The topological polar surface area (TPSA) is 12.0 Å². The third-order valence-electron chi connectivity index (χ3n) is 3.68. The van der Waals surface area contributed by atoms with Gasteiger partial charge in [-0.15, -0.1) is 0 Å². The van der Waals surface area contributed by atoms with E-state index in [0.717, 1.165) is 30.5 Å². The Morgan fingerprint density at radius 3 is 1.95 bits per heavy atom. The van der Waals surface area contributed by atoms with Gasteiger partial charge in [0, 0.05) is 12.1 Å².